The Balaban J connectivity index is 1.45. The number of nitrogens with one attached hydrogen (secondary N) is 1. The summed E-state index contributed by atoms with van der Waals surface area (Å²) >= 11 is 0. The molecule has 1 atom stereocenters. The van der Waals surface area contributed by atoms with Crippen LogP contribution in [-0.4, -0.2) is 63.9 Å². The lowest BCUT2D eigenvalue weighted by Crippen LogP contribution is -2.49. The average Bonchev–Trinajstić information content (AvgIpc) is 2.83. The summed E-state index contributed by atoms with van der Waals surface area (Å²) in [4.78, 5) is 14.6. The Bertz CT molecular complexity index is 1150. The largest absolute Gasteiger partial charge is 0.394 e. The first-order valence-electron chi connectivity index (χ1n) is 11.4. The number of aliphatic hydroxyl groups is 1. The molecule has 1 saturated carbocycles. The van der Waals surface area contributed by atoms with Crippen molar-refractivity contribution in [3.05, 3.63) is 41.5 Å². The maximum absolute atomic E-state index is 12.9. The molecule has 3 heterocycles. The molecule has 3 aliphatic rings. The first-order valence-corrected chi connectivity index (χ1v) is 12.8. The number of hydrogen-bond donors (Lipinski definition) is 2. The lowest BCUT2D eigenvalue weighted by molar-refractivity contribution is 0.143. The smallest absolute Gasteiger partial charge is 0.229 e. The van der Waals surface area contributed by atoms with Gasteiger partial charge in [0.05, 0.1) is 22.9 Å². The predicted octanol–water partition coefficient (Wildman–Crippen LogP) is 2.64. The molecule has 1 aromatic heterocycles. The minimum Gasteiger partial charge on any atom is -0.394 e. The zero-order valence-electron chi connectivity index (χ0n) is 18.9. The SMILES string of the molecule is C#Cc1ccc(C2=CCN(c3nc(NC4(CO)CCC4)c4c(n3)N(C)CC[S@@]4=O)CC2)cc1. The van der Waals surface area contributed by atoms with E-state index in [0.717, 1.165) is 43.6 Å². The van der Waals surface area contributed by atoms with E-state index in [1.165, 1.54) is 11.1 Å². The van der Waals surface area contributed by atoms with Crippen molar-refractivity contribution in [2.75, 3.05) is 54.2 Å². The Morgan fingerprint density at radius 3 is 2.64 bits per heavy atom. The molecule has 0 spiro atoms. The molecule has 1 fully saturated rings. The van der Waals surface area contributed by atoms with Crippen molar-refractivity contribution in [3.63, 3.8) is 0 Å². The monoisotopic (exact) mass is 463 g/mol. The number of fused-ring (bicyclic) bond motifs is 1. The Morgan fingerprint density at radius 2 is 2.03 bits per heavy atom. The molecule has 0 bridgehead atoms. The molecule has 5 rings (SSSR count). The molecule has 0 amide bonds. The molecule has 2 N–H and O–H groups in total. The van der Waals surface area contributed by atoms with Gasteiger partial charge in [0.2, 0.25) is 5.95 Å². The number of benzene rings is 1. The van der Waals surface area contributed by atoms with Crippen LogP contribution in [0, 0.1) is 12.3 Å². The highest BCUT2D eigenvalue weighted by atomic mass is 32.2. The van der Waals surface area contributed by atoms with Crippen LogP contribution in [0.5, 0.6) is 0 Å². The Labute approximate surface area is 197 Å². The molecular formula is C25H29N5O2S. The fourth-order valence-corrected chi connectivity index (χ4v) is 5.98. The van der Waals surface area contributed by atoms with Gasteiger partial charge in [-0.15, -0.1) is 6.42 Å². The van der Waals surface area contributed by atoms with Gasteiger partial charge >= 0.3 is 0 Å². The number of rotatable bonds is 5. The fraction of sp³-hybridized carbons (Fsp3) is 0.440. The number of terminal acetylenes is 1. The highest BCUT2D eigenvalue weighted by molar-refractivity contribution is 7.85. The summed E-state index contributed by atoms with van der Waals surface area (Å²) in [6, 6.07) is 8.09. The summed E-state index contributed by atoms with van der Waals surface area (Å²) in [5, 5.41) is 13.5. The topological polar surface area (TPSA) is 81.6 Å². The summed E-state index contributed by atoms with van der Waals surface area (Å²) in [5.41, 5.74) is 2.98. The zero-order chi connectivity index (χ0) is 23.0. The van der Waals surface area contributed by atoms with Crippen molar-refractivity contribution in [1.82, 2.24) is 9.97 Å². The van der Waals surface area contributed by atoms with Crippen LogP contribution < -0.4 is 15.1 Å². The summed E-state index contributed by atoms with van der Waals surface area (Å²) in [6.07, 6.45) is 11.4. The van der Waals surface area contributed by atoms with Crippen LogP contribution in [0.1, 0.15) is 36.8 Å². The third-order valence-corrected chi connectivity index (χ3v) is 8.33. The van der Waals surface area contributed by atoms with Crippen molar-refractivity contribution >= 4 is 34.0 Å². The minimum atomic E-state index is -1.16. The van der Waals surface area contributed by atoms with Crippen LogP contribution in [0.4, 0.5) is 17.6 Å². The summed E-state index contributed by atoms with van der Waals surface area (Å²) in [6.45, 7) is 2.22. The highest BCUT2D eigenvalue weighted by Gasteiger charge is 2.39. The van der Waals surface area contributed by atoms with Gasteiger partial charge in [0.15, 0.2) is 11.6 Å². The van der Waals surface area contributed by atoms with Gasteiger partial charge < -0.3 is 20.2 Å². The Kier molecular flexibility index (Phi) is 5.85. The van der Waals surface area contributed by atoms with E-state index < -0.39 is 10.8 Å². The number of hydrogen-bond acceptors (Lipinski definition) is 7. The maximum Gasteiger partial charge on any atom is 0.229 e. The van der Waals surface area contributed by atoms with Gasteiger partial charge in [-0.25, -0.2) is 0 Å². The van der Waals surface area contributed by atoms with E-state index in [-0.39, 0.29) is 12.1 Å². The second kappa shape index (κ2) is 8.81. The Hall–Kier alpha value is -2.89. The lowest BCUT2D eigenvalue weighted by atomic mass is 9.77. The van der Waals surface area contributed by atoms with E-state index in [1.807, 2.05) is 19.2 Å². The molecule has 1 aliphatic carbocycles. The standard InChI is InChI=1S/C25H29N5O2S/c1-3-18-5-7-19(8-6-18)20-9-13-30(14-10-20)24-26-22(28-25(17-31)11-4-12-25)21-23(27-24)29(2)15-16-33(21)32/h1,5-9,31H,4,10-17H2,2H3,(H,26,27,28)/t33-/m0/s1. The molecule has 1 aromatic carbocycles. The second-order valence-corrected chi connectivity index (χ2v) is 10.6. The molecule has 8 heteroatoms. The van der Waals surface area contributed by atoms with Crippen molar-refractivity contribution in [3.8, 4) is 12.3 Å². The number of aliphatic hydroxyl groups excluding tert-OH is 1. The first-order chi connectivity index (χ1) is 16.0. The van der Waals surface area contributed by atoms with Crippen molar-refractivity contribution < 1.29 is 9.32 Å². The maximum atomic E-state index is 12.9. The number of anilines is 3. The van der Waals surface area contributed by atoms with Gasteiger partial charge in [-0.2, -0.15) is 9.97 Å². The Morgan fingerprint density at radius 1 is 1.24 bits per heavy atom. The van der Waals surface area contributed by atoms with Crippen LogP contribution in [0.15, 0.2) is 35.2 Å². The lowest BCUT2D eigenvalue weighted by Gasteiger charge is -2.42. The summed E-state index contributed by atoms with van der Waals surface area (Å²) in [7, 11) is 0.817. The van der Waals surface area contributed by atoms with E-state index in [0.29, 0.717) is 35.5 Å². The summed E-state index contributed by atoms with van der Waals surface area (Å²) < 4.78 is 12.9. The van der Waals surface area contributed by atoms with Gasteiger partial charge in [-0.3, -0.25) is 4.21 Å². The number of nitrogens with zero attached hydrogens (tertiary/aromatic N) is 4. The highest BCUT2D eigenvalue weighted by Crippen LogP contribution is 2.39. The van der Waals surface area contributed by atoms with Gasteiger partial charge in [0.25, 0.3) is 0 Å². The third kappa shape index (κ3) is 4.11. The van der Waals surface area contributed by atoms with Gasteiger partial charge in [-0.1, -0.05) is 24.1 Å². The molecule has 2 aliphatic heterocycles. The molecule has 172 valence electrons. The molecular weight excluding hydrogens is 434 g/mol. The predicted molar refractivity (Wildman–Crippen MR) is 133 cm³/mol. The second-order valence-electron chi connectivity index (χ2n) is 9.06. The third-order valence-electron chi connectivity index (χ3n) is 6.95. The molecule has 33 heavy (non-hydrogen) atoms. The number of aromatic nitrogens is 2. The van der Waals surface area contributed by atoms with Crippen LogP contribution in [0.2, 0.25) is 0 Å². The fourth-order valence-electron chi connectivity index (χ4n) is 4.62. The molecule has 7 nitrogen and oxygen atoms in total. The summed E-state index contributed by atoms with van der Waals surface area (Å²) in [5.74, 6) is 5.17. The molecule has 2 aromatic rings. The molecule has 0 saturated heterocycles. The van der Waals surface area contributed by atoms with Crippen LogP contribution in [0.25, 0.3) is 5.57 Å². The van der Waals surface area contributed by atoms with Gasteiger partial charge in [-0.05, 0) is 49.0 Å². The van der Waals surface area contributed by atoms with E-state index in [1.54, 1.807) is 0 Å². The van der Waals surface area contributed by atoms with Crippen molar-refractivity contribution in [2.45, 2.75) is 36.1 Å². The average molecular weight is 464 g/mol. The van der Waals surface area contributed by atoms with E-state index in [2.05, 4.69) is 39.2 Å². The van der Waals surface area contributed by atoms with E-state index in [4.69, 9.17) is 16.4 Å². The van der Waals surface area contributed by atoms with Crippen molar-refractivity contribution in [2.24, 2.45) is 0 Å². The van der Waals surface area contributed by atoms with E-state index >= 15 is 0 Å². The minimum absolute atomic E-state index is 0.0395. The van der Waals surface area contributed by atoms with Gasteiger partial charge in [0.1, 0.15) is 4.90 Å². The molecule has 0 unspecified atom stereocenters. The zero-order valence-corrected chi connectivity index (χ0v) is 19.7. The van der Waals surface area contributed by atoms with Crippen LogP contribution in [0.3, 0.4) is 0 Å². The van der Waals surface area contributed by atoms with Crippen LogP contribution in [-0.2, 0) is 10.8 Å². The normalized spacial score (nSPS) is 21.5. The molecule has 0 radical (unpaired) electrons. The van der Waals surface area contributed by atoms with Gasteiger partial charge in [0, 0.05) is 38.0 Å². The van der Waals surface area contributed by atoms with Crippen LogP contribution >= 0.6 is 0 Å². The van der Waals surface area contributed by atoms with E-state index in [9.17, 15) is 9.32 Å². The van der Waals surface area contributed by atoms with Crippen molar-refractivity contribution in [1.29, 1.82) is 0 Å². The quantitative estimate of drug-likeness (QED) is 0.660. The first kappa shape index (κ1) is 21.9.